The van der Waals surface area contributed by atoms with Crippen molar-refractivity contribution in [3.05, 3.63) is 36.5 Å². The Morgan fingerprint density at radius 3 is 1.96 bits per heavy atom. The Labute approximate surface area is 462 Å². The molecule has 434 valence electrons. The van der Waals surface area contributed by atoms with Crippen LogP contribution in [0.25, 0.3) is 0 Å². The van der Waals surface area contributed by atoms with Crippen molar-refractivity contribution in [1.82, 2.24) is 0 Å². The Kier molecular flexibility index (Phi) is 21.2. The van der Waals surface area contributed by atoms with E-state index in [1.54, 1.807) is 6.08 Å². The molecule has 0 radical (unpaired) electrons. The Balaban J connectivity index is 1.08. The van der Waals surface area contributed by atoms with Crippen molar-refractivity contribution in [2.75, 3.05) is 6.61 Å². The molecule has 16 heteroatoms. The predicted molar refractivity (Wildman–Crippen MR) is 305 cm³/mol. The molecule has 0 aromatic carbocycles. The van der Waals surface area contributed by atoms with Gasteiger partial charge in [0.15, 0.2) is 30.7 Å². The Morgan fingerprint density at radius 1 is 0.645 bits per heavy atom. The quantitative estimate of drug-likeness (QED) is 0.0841. The maximum Gasteiger partial charge on any atom is 0.330 e. The van der Waals surface area contributed by atoms with Gasteiger partial charge in [0.25, 0.3) is 0 Å². The van der Waals surface area contributed by atoms with Gasteiger partial charge < -0.3 is 56.3 Å². The number of aliphatic hydroxyl groups is 1. The fourth-order valence-electron chi connectivity index (χ4n) is 14.9. The van der Waals surface area contributed by atoms with Crippen molar-refractivity contribution in [3.8, 4) is 0 Å². The first-order chi connectivity index (χ1) is 36.5. The van der Waals surface area contributed by atoms with Gasteiger partial charge in [0.2, 0.25) is 0 Å². The minimum atomic E-state index is -2.14. The van der Waals surface area contributed by atoms with Gasteiger partial charge in [-0.15, -0.1) is 0 Å². The average molecular weight is 1120 g/mol. The van der Waals surface area contributed by atoms with Crippen molar-refractivity contribution in [3.63, 3.8) is 0 Å². The molecule has 7 saturated heterocycles. The van der Waals surface area contributed by atoms with Crippen LogP contribution in [-0.2, 0) is 56.0 Å². The number of carbonyl (C=O) groups excluding carboxylic acids is 1. The Morgan fingerprint density at radius 2 is 1.28 bits per heavy atom. The lowest BCUT2D eigenvalue weighted by Crippen LogP contribution is -2.62. The molecule has 13 nitrogen and oxygen atoms in total. The third-order valence-electron chi connectivity index (χ3n) is 20.7. The smallest absolute Gasteiger partial charge is 0.330 e. The molecule has 8 heterocycles. The zero-order valence-corrected chi connectivity index (χ0v) is 52.1. The summed E-state index contributed by atoms with van der Waals surface area (Å²) < 4.78 is 77.8. The fraction of sp³-hybridized carbons (Fsp3) is 0.883. The van der Waals surface area contributed by atoms with Gasteiger partial charge in [0.05, 0.1) is 85.5 Å². The van der Waals surface area contributed by atoms with Gasteiger partial charge in [-0.25, -0.2) is 4.79 Å². The van der Waals surface area contributed by atoms with Crippen LogP contribution in [0.3, 0.4) is 0 Å². The third-order valence-corrected chi connectivity index (χ3v) is 34.7. The number of carbonyl (C=O) groups is 1. The van der Waals surface area contributed by atoms with Gasteiger partial charge >= 0.3 is 5.97 Å². The van der Waals surface area contributed by atoms with Crippen molar-refractivity contribution >= 4 is 30.9 Å². The zero-order valence-electron chi connectivity index (χ0n) is 49.1. The molecule has 76 heavy (non-hydrogen) atoms. The van der Waals surface area contributed by atoms with Crippen LogP contribution in [0.15, 0.2) is 36.5 Å². The number of aliphatic hydroxyl groups excluding tert-OH is 1. The molecule has 8 rings (SSSR count). The minimum absolute atomic E-state index is 0.00725. The number of hydrogen-bond acceptors (Lipinski definition) is 13. The van der Waals surface area contributed by atoms with E-state index in [1.807, 2.05) is 6.08 Å². The second-order valence-corrected chi connectivity index (χ2v) is 38.9. The van der Waals surface area contributed by atoms with E-state index in [4.69, 9.17) is 51.2 Å². The summed E-state index contributed by atoms with van der Waals surface area (Å²) in [6, 6.07) is 9.44. The first-order valence-corrected chi connectivity index (χ1v) is 38.6. The van der Waals surface area contributed by atoms with Gasteiger partial charge in [-0.3, -0.25) is 0 Å². The number of allylic oxidation sites excluding steroid dienone is 1. The van der Waals surface area contributed by atoms with Gasteiger partial charge in [0.1, 0.15) is 12.2 Å². The highest BCUT2D eigenvalue weighted by atomic mass is 28.4. The van der Waals surface area contributed by atoms with Crippen LogP contribution in [0.5, 0.6) is 0 Å². The molecule has 0 saturated carbocycles. The highest BCUT2D eigenvalue weighted by Gasteiger charge is 2.60. The van der Waals surface area contributed by atoms with Gasteiger partial charge in [-0.05, 0) is 123 Å². The van der Waals surface area contributed by atoms with E-state index in [1.165, 1.54) is 0 Å². The number of rotatable bonds is 17. The maximum atomic E-state index is 14.4. The van der Waals surface area contributed by atoms with Crippen molar-refractivity contribution in [2.24, 2.45) is 11.8 Å². The normalized spacial score (nSPS) is 41.2. The first kappa shape index (κ1) is 61.0. The molecule has 0 aromatic heterocycles. The van der Waals surface area contributed by atoms with Crippen molar-refractivity contribution < 1.29 is 61.1 Å². The van der Waals surface area contributed by atoms with Crippen LogP contribution in [0.4, 0.5) is 0 Å². The lowest BCUT2D eigenvalue weighted by atomic mass is 9.79. The summed E-state index contributed by atoms with van der Waals surface area (Å²) in [4.78, 5) is 14.4. The molecule has 19 atom stereocenters. The summed E-state index contributed by atoms with van der Waals surface area (Å²) in [5.74, 6) is -1.31. The van der Waals surface area contributed by atoms with Crippen LogP contribution in [0, 0.1) is 11.8 Å². The molecule has 1 spiro atoms. The maximum absolute atomic E-state index is 14.4. The molecule has 8 aliphatic rings. The van der Waals surface area contributed by atoms with Crippen LogP contribution in [0.2, 0.25) is 54.4 Å². The summed E-state index contributed by atoms with van der Waals surface area (Å²) in [5.41, 5.74) is 2.17. The lowest BCUT2D eigenvalue weighted by molar-refractivity contribution is -0.270. The zero-order chi connectivity index (χ0) is 54.6. The second-order valence-electron chi connectivity index (χ2n) is 24.7. The molecular weight excluding hydrogens is 1010 g/mol. The predicted octanol–water partition coefficient (Wildman–Crippen LogP) is 12.4. The molecule has 8 aliphatic heterocycles. The summed E-state index contributed by atoms with van der Waals surface area (Å²) in [5, 5.41) is 11.6. The van der Waals surface area contributed by atoms with E-state index < -0.39 is 61.1 Å². The molecule has 0 aromatic rings. The Hall–Kier alpha value is -1.10. The molecule has 7 fully saturated rings. The monoisotopic (exact) mass is 1120 g/mol. The first-order valence-electron chi connectivity index (χ1n) is 31.0. The standard InChI is InChI=1S/C60H104O13Si3/c1-14-74(15-2,16-3)63-32-30-47-50(72-75(17-4,18-5)19-6)36-52-56(68-47)42(13)57-51(67-52)35-49-41(12)39(10)33-43(65-49)27-28-46-40(11)34-44(64-46)29-31-60-38-45(61)58(71-60)53-37-54(70-60)59(73-76(20-7,21-8)22-9)48(66-53)25-23-24-26-55(62)69-57/h24,26,39,42-54,56-59,61H,11-12,14-23,25,27-38H2,1-10,13H3/b26-24+/t39?,42-,43?,44?,45?,46-,47+,48?,49?,50?,51-,52?,53+,54+,56?,57?,58?,59?,60+/m0/s1. The topological polar surface area (TPSA) is 139 Å². The van der Waals surface area contributed by atoms with E-state index >= 15 is 0 Å². The molecule has 1 N–H and O–H groups in total. The highest BCUT2D eigenvalue weighted by molar-refractivity contribution is 6.74. The van der Waals surface area contributed by atoms with Gasteiger partial charge in [0, 0.05) is 50.7 Å². The van der Waals surface area contributed by atoms with Gasteiger partial charge in [-0.2, -0.15) is 0 Å². The molecule has 12 unspecified atom stereocenters. The van der Waals surface area contributed by atoms with E-state index in [-0.39, 0.29) is 85.1 Å². The van der Waals surface area contributed by atoms with Crippen molar-refractivity contribution in [2.45, 2.75) is 317 Å². The van der Waals surface area contributed by atoms with Gasteiger partial charge in [-0.1, -0.05) is 95.4 Å². The van der Waals surface area contributed by atoms with Crippen LogP contribution >= 0.6 is 0 Å². The van der Waals surface area contributed by atoms with Crippen LogP contribution in [-0.4, -0.2) is 146 Å². The van der Waals surface area contributed by atoms with Crippen LogP contribution in [0.1, 0.15) is 160 Å². The average Bonchev–Trinajstić information content (AvgIpc) is 3.92. The lowest BCUT2D eigenvalue weighted by Gasteiger charge is -2.52. The number of ether oxygens (including phenoxy) is 8. The molecule has 0 amide bonds. The second kappa shape index (κ2) is 26.4. The summed E-state index contributed by atoms with van der Waals surface area (Å²) in [7, 11) is -6.01. The SMILES string of the molecule is C=C1C(C)CC2CC[C@@H]3OC(CC[C@]45CC(O)C(O4)[C@H]4C[C@@H](O5)C(O[Si](CC)(CC)CC)C(CC/C=C/C(=O)OC5[C@@H](C)C6O[C@H](CCO[Si](CC)(CC)CC)C(O[Si](CC)(CC)CC)CC6O[C@H]5CC1O2)O4)CC3=C. The number of fused-ring (bicyclic) bond motifs is 10. The fourth-order valence-corrected chi connectivity index (χ4v) is 23.3. The molecular formula is C60H104O13Si3. The number of hydrogen-bond donors (Lipinski definition) is 1. The van der Waals surface area contributed by atoms with E-state index in [2.05, 4.69) is 89.3 Å². The molecule has 9 bridgehead atoms. The highest BCUT2D eigenvalue weighted by Crippen LogP contribution is 2.49. The minimum Gasteiger partial charge on any atom is -0.456 e. The summed E-state index contributed by atoms with van der Waals surface area (Å²) >= 11 is 0. The molecule has 0 aliphatic carbocycles. The Bertz CT molecular complexity index is 1920. The van der Waals surface area contributed by atoms with Crippen molar-refractivity contribution in [1.29, 1.82) is 0 Å². The number of esters is 1. The largest absolute Gasteiger partial charge is 0.456 e. The summed E-state index contributed by atoms with van der Waals surface area (Å²) in [6.45, 7) is 34.7. The third kappa shape index (κ3) is 13.4. The van der Waals surface area contributed by atoms with E-state index in [0.29, 0.717) is 51.6 Å². The van der Waals surface area contributed by atoms with Crippen LogP contribution < -0.4 is 0 Å². The van der Waals surface area contributed by atoms with E-state index in [9.17, 15) is 9.90 Å². The summed E-state index contributed by atoms with van der Waals surface area (Å²) in [6.07, 6.45) is 7.51. The van der Waals surface area contributed by atoms with E-state index in [0.717, 1.165) is 104 Å².